The summed E-state index contributed by atoms with van der Waals surface area (Å²) in [6.45, 7) is 2.80. The Balaban J connectivity index is 2.04. The number of aryl methyl sites for hydroxylation is 1. The van der Waals surface area contributed by atoms with Crippen LogP contribution < -0.4 is 4.74 Å². The van der Waals surface area contributed by atoms with Crippen LogP contribution in [0.3, 0.4) is 0 Å². The molecule has 3 aromatic rings. The van der Waals surface area contributed by atoms with Crippen molar-refractivity contribution < 1.29 is 29.3 Å². The molecule has 0 aliphatic rings. The molecule has 0 aliphatic carbocycles. The standard InChI is InChI=1S/C23H25NO6/c1-14-4-6-16(7-5-14)23(28)22-15(2)24(11-21(27)30-13-17(26)12-25)20-10-18(29-3)8-9-19(20)22/h4-10,17,25-26H,11-13H2,1-3H3. The van der Waals surface area contributed by atoms with E-state index in [2.05, 4.69) is 0 Å². The number of methoxy groups -OCH3 is 1. The van der Waals surface area contributed by atoms with Gasteiger partial charge in [-0.3, -0.25) is 9.59 Å². The molecule has 1 unspecified atom stereocenters. The summed E-state index contributed by atoms with van der Waals surface area (Å²) in [6.07, 6.45) is -1.13. The first-order valence-corrected chi connectivity index (χ1v) is 9.58. The molecule has 158 valence electrons. The van der Waals surface area contributed by atoms with Crippen molar-refractivity contribution in [2.45, 2.75) is 26.5 Å². The highest BCUT2D eigenvalue weighted by Gasteiger charge is 2.23. The van der Waals surface area contributed by atoms with Gasteiger partial charge in [0.25, 0.3) is 0 Å². The number of ether oxygens (including phenoxy) is 2. The van der Waals surface area contributed by atoms with Crippen molar-refractivity contribution >= 4 is 22.7 Å². The first kappa shape index (κ1) is 21.5. The van der Waals surface area contributed by atoms with Crippen molar-refractivity contribution in [2.24, 2.45) is 0 Å². The Morgan fingerprint density at radius 3 is 2.43 bits per heavy atom. The van der Waals surface area contributed by atoms with Crippen LogP contribution in [-0.2, 0) is 16.1 Å². The van der Waals surface area contributed by atoms with Crippen LogP contribution >= 0.6 is 0 Å². The molecule has 3 rings (SSSR count). The molecule has 0 spiro atoms. The molecule has 1 aromatic heterocycles. The molecule has 2 aromatic carbocycles. The Hall–Kier alpha value is -3.16. The highest BCUT2D eigenvalue weighted by molar-refractivity contribution is 6.17. The molecule has 0 saturated carbocycles. The van der Waals surface area contributed by atoms with E-state index in [9.17, 15) is 14.7 Å². The third kappa shape index (κ3) is 4.37. The van der Waals surface area contributed by atoms with Crippen LogP contribution in [0.15, 0.2) is 42.5 Å². The number of ketones is 1. The Labute approximate surface area is 174 Å². The van der Waals surface area contributed by atoms with Gasteiger partial charge < -0.3 is 24.3 Å². The molecule has 0 fully saturated rings. The second-order valence-electron chi connectivity index (χ2n) is 7.14. The predicted octanol–water partition coefficient (Wildman–Crippen LogP) is 2.39. The first-order chi connectivity index (χ1) is 14.3. The number of benzene rings is 2. The number of aromatic nitrogens is 1. The summed E-state index contributed by atoms with van der Waals surface area (Å²) in [7, 11) is 1.55. The Morgan fingerprint density at radius 2 is 1.80 bits per heavy atom. The lowest BCUT2D eigenvalue weighted by atomic mass is 9.99. The van der Waals surface area contributed by atoms with E-state index in [1.807, 2.05) is 19.1 Å². The number of hydrogen-bond acceptors (Lipinski definition) is 6. The molecule has 7 heteroatoms. The second-order valence-corrected chi connectivity index (χ2v) is 7.14. The van der Waals surface area contributed by atoms with Crippen LogP contribution in [0, 0.1) is 13.8 Å². The lowest BCUT2D eigenvalue weighted by Crippen LogP contribution is -2.24. The number of aliphatic hydroxyl groups is 2. The molecule has 0 amide bonds. The predicted molar refractivity (Wildman–Crippen MR) is 112 cm³/mol. The van der Waals surface area contributed by atoms with Crippen molar-refractivity contribution in [1.29, 1.82) is 0 Å². The van der Waals surface area contributed by atoms with Crippen molar-refractivity contribution in [3.05, 3.63) is 64.8 Å². The number of rotatable bonds is 8. The minimum Gasteiger partial charge on any atom is -0.497 e. The van der Waals surface area contributed by atoms with Crippen LogP contribution in [0.1, 0.15) is 27.2 Å². The van der Waals surface area contributed by atoms with Gasteiger partial charge in [0.15, 0.2) is 5.78 Å². The van der Waals surface area contributed by atoms with Crippen molar-refractivity contribution in [1.82, 2.24) is 4.57 Å². The number of hydrogen-bond donors (Lipinski definition) is 2. The summed E-state index contributed by atoms with van der Waals surface area (Å²) in [6, 6.07) is 12.7. The van der Waals surface area contributed by atoms with Gasteiger partial charge in [-0.2, -0.15) is 0 Å². The molecule has 0 saturated heterocycles. The van der Waals surface area contributed by atoms with Gasteiger partial charge in [0, 0.05) is 22.7 Å². The molecule has 7 nitrogen and oxygen atoms in total. The maximum Gasteiger partial charge on any atom is 0.326 e. The van der Waals surface area contributed by atoms with E-state index in [1.165, 1.54) is 0 Å². The van der Waals surface area contributed by atoms with E-state index in [4.69, 9.17) is 14.6 Å². The molecular weight excluding hydrogens is 386 g/mol. The summed E-state index contributed by atoms with van der Waals surface area (Å²) in [5.41, 5.74) is 3.43. The third-order valence-corrected chi connectivity index (χ3v) is 5.01. The number of aliphatic hydroxyl groups excluding tert-OH is 2. The summed E-state index contributed by atoms with van der Waals surface area (Å²) >= 11 is 0. The summed E-state index contributed by atoms with van der Waals surface area (Å²) in [5, 5.41) is 19.0. The van der Waals surface area contributed by atoms with Crippen LogP contribution in [0.4, 0.5) is 0 Å². The molecule has 0 bridgehead atoms. The van der Waals surface area contributed by atoms with E-state index < -0.39 is 18.7 Å². The van der Waals surface area contributed by atoms with Gasteiger partial charge in [-0.05, 0) is 26.0 Å². The van der Waals surface area contributed by atoms with Crippen LogP contribution in [0.25, 0.3) is 10.9 Å². The van der Waals surface area contributed by atoms with Gasteiger partial charge in [0.05, 0.1) is 24.8 Å². The average Bonchev–Trinajstić information content (AvgIpc) is 3.02. The Morgan fingerprint density at radius 1 is 1.10 bits per heavy atom. The highest BCUT2D eigenvalue weighted by atomic mass is 16.5. The molecule has 1 atom stereocenters. The molecule has 2 N–H and O–H groups in total. The minimum atomic E-state index is -1.13. The largest absolute Gasteiger partial charge is 0.497 e. The summed E-state index contributed by atoms with van der Waals surface area (Å²) in [5.74, 6) is -0.121. The third-order valence-electron chi connectivity index (χ3n) is 5.01. The lowest BCUT2D eigenvalue weighted by Gasteiger charge is -2.11. The minimum absolute atomic E-state index is 0.134. The van der Waals surface area contributed by atoms with Crippen molar-refractivity contribution in [2.75, 3.05) is 20.3 Å². The van der Waals surface area contributed by atoms with Crippen molar-refractivity contribution in [3.63, 3.8) is 0 Å². The molecule has 0 radical (unpaired) electrons. The number of esters is 1. The number of carbonyl (C=O) groups excluding carboxylic acids is 2. The Kier molecular flexibility index (Phi) is 6.54. The lowest BCUT2D eigenvalue weighted by molar-refractivity contribution is -0.148. The first-order valence-electron chi connectivity index (χ1n) is 9.58. The fraction of sp³-hybridized carbons (Fsp3) is 0.304. The van der Waals surface area contributed by atoms with Gasteiger partial charge >= 0.3 is 5.97 Å². The normalized spacial score (nSPS) is 12.0. The summed E-state index contributed by atoms with van der Waals surface area (Å²) < 4.78 is 12.0. The van der Waals surface area contributed by atoms with Gasteiger partial charge in [-0.25, -0.2) is 0 Å². The van der Waals surface area contributed by atoms with Crippen molar-refractivity contribution in [3.8, 4) is 5.75 Å². The van der Waals surface area contributed by atoms with E-state index in [1.54, 1.807) is 48.9 Å². The zero-order chi connectivity index (χ0) is 21.8. The molecule has 0 aliphatic heterocycles. The molecular formula is C23H25NO6. The quantitative estimate of drug-likeness (QED) is 0.436. The highest BCUT2D eigenvalue weighted by Crippen LogP contribution is 2.31. The van der Waals surface area contributed by atoms with Gasteiger partial charge in [0.2, 0.25) is 0 Å². The summed E-state index contributed by atoms with van der Waals surface area (Å²) in [4.78, 5) is 25.6. The van der Waals surface area contributed by atoms with E-state index in [0.29, 0.717) is 33.5 Å². The SMILES string of the molecule is COc1ccc2c(C(=O)c3ccc(C)cc3)c(C)n(CC(=O)OCC(O)CO)c2c1. The number of carbonyl (C=O) groups is 2. The van der Waals surface area contributed by atoms with Gasteiger partial charge in [-0.15, -0.1) is 0 Å². The van der Waals surface area contributed by atoms with Crippen LogP contribution in [0.2, 0.25) is 0 Å². The zero-order valence-corrected chi connectivity index (χ0v) is 17.2. The van der Waals surface area contributed by atoms with Gasteiger partial charge in [0.1, 0.15) is 25.0 Å². The fourth-order valence-electron chi connectivity index (χ4n) is 3.34. The topological polar surface area (TPSA) is 98.0 Å². The maximum absolute atomic E-state index is 13.3. The number of fused-ring (bicyclic) bond motifs is 1. The second kappa shape index (κ2) is 9.11. The maximum atomic E-state index is 13.3. The average molecular weight is 411 g/mol. The van der Waals surface area contributed by atoms with Gasteiger partial charge in [-0.1, -0.05) is 29.8 Å². The van der Waals surface area contributed by atoms with Crippen LogP contribution in [-0.4, -0.2) is 53.0 Å². The Bertz CT molecular complexity index is 1070. The monoisotopic (exact) mass is 411 g/mol. The molecule has 30 heavy (non-hydrogen) atoms. The molecule has 1 heterocycles. The fourth-order valence-corrected chi connectivity index (χ4v) is 3.34. The smallest absolute Gasteiger partial charge is 0.326 e. The zero-order valence-electron chi connectivity index (χ0n) is 17.2. The van der Waals surface area contributed by atoms with E-state index in [-0.39, 0.29) is 18.9 Å². The van der Waals surface area contributed by atoms with E-state index >= 15 is 0 Å². The van der Waals surface area contributed by atoms with Crippen LogP contribution in [0.5, 0.6) is 5.75 Å². The number of nitrogens with zero attached hydrogens (tertiary/aromatic N) is 1. The van der Waals surface area contributed by atoms with E-state index in [0.717, 1.165) is 5.56 Å².